The fourth-order valence-electron chi connectivity index (χ4n) is 4.83. The van der Waals surface area contributed by atoms with E-state index < -0.39 is 22.0 Å². The number of carboxylic acid groups (broad SMARTS) is 2. The van der Waals surface area contributed by atoms with Crippen LogP contribution < -0.4 is 14.2 Å². The van der Waals surface area contributed by atoms with Gasteiger partial charge in [0.05, 0.1) is 15.4 Å². The molecule has 0 radical (unpaired) electrons. The molecule has 0 aliphatic carbocycles. The van der Waals surface area contributed by atoms with Gasteiger partial charge in [0.25, 0.3) is 0 Å². The molecule has 48 heavy (non-hydrogen) atoms. The van der Waals surface area contributed by atoms with Crippen LogP contribution in [-0.4, -0.2) is 30.8 Å². The van der Waals surface area contributed by atoms with Crippen LogP contribution in [0.3, 0.4) is 0 Å². The van der Waals surface area contributed by atoms with Gasteiger partial charge < -0.3 is 24.4 Å². The lowest BCUT2D eigenvalue weighted by Gasteiger charge is -2.10. The number of sulfone groups is 1. The molecule has 0 aliphatic rings. The van der Waals surface area contributed by atoms with E-state index in [1.807, 2.05) is 24.3 Å². The van der Waals surface area contributed by atoms with Gasteiger partial charge in [-0.25, -0.2) is 18.0 Å². The largest absolute Gasteiger partial charge is 0.511 e. The molecule has 0 saturated heterocycles. The van der Waals surface area contributed by atoms with Gasteiger partial charge in [0.1, 0.15) is 28.7 Å². The van der Waals surface area contributed by atoms with Crippen molar-refractivity contribution in [3.05, 3.63) is 151 Å². The summed E-state index contributed by atoms with van der Waals surface area (Å²) in [5.74, 6) is 1.29. The Morgan fingerprint density at radius 3 is 1.02 bits per heavy atom. The van der Waals surface area contributed by atoms with E-state index in [0.29, 0.717) is 23.0 Å². The number of benzene rings is 6. The van der Waals surface area contributed by atoms with Crippen molar-refractivity contribution in [3.8, 4) is 51.0 Å². The van der Waals surface area contributed by atoms with Crippen molar-refractivity contribution in [1.82, 2.24) is 0 Å². The van der Waals surface area contributed by atoms with Crippen molar-refractivity contribution >= 4 is 22.0 Å². The first-order valence-corrected chi connectivity index (χ1v) is 16.0. The molecule has 0 unspecified atom stereocenters. The first kappa shape index (κ1) is 31.6. The molecule has 6 aromatic rings. The van der Waals surface area contributed by atoms with E-state index in [0.717, 1.165) is 22.3 Å². The Kier molecular flexibility index (Phi) is 8.91. The summed E-state index contributed by atoms with van der Waals surface area (Å²) in [7, 11) is -3.80. The summed E-state index contributed by atoms with van der Waals surface area (Å²) in [5.41, 5.74) is 3.73. The molecule has 0 aromatic heterocycles. The zero-order valence-corrected chi connectivity index (χ0v) is 25.8. The molecule has 6 rings (SSSR count). The lowest BCUT2D eigenvalue weighted by Crippen LogP contribution is -2.02. The number of carboxylic acids is 1. The highest BCUT2D eigenvalue weighted by Crippen LogP contribution is 2.31. The zero-order valence-electron chi connectivity index (χ0n) is 25.0. The van der Waals surface area contributed by atoms with Crippen LogP contribution >= 0.6 is 0 Å². The van der Waals surface area contributed by atoms with E-state index in [9.17, 15) is 18.0 Å². The summed E-state index contributed by atoms with van der Waals surface area (Å²) in [6, 6.07) is 40.1. The Morgan fingerprint density at radius 1 is 0.417 bits per heavy atom. The van der Waals surface area contributed by atoms with Crippen LogP contribution in [0.1, 0.15) is 10.4 Å². The molecule has 0 fully saturated rings. The lowest BCUT2D eigenvalue weighted by molar-refractivity contribution is 0.0696. The second kappa shape index (κ2) is 13.5. The zero-order chi connectivity index (χ0) is 33.7. The minimum absolute atomic E-state index is 0.112. The molecule has 6 aromatic carbocycles. The Hall–Kier alpha value is -6.39. The predicted octanol–water partition coefficient (Wildman–Crippen LogP) is 9.19. The van der Waals surface area contributed by atoms with Gasteiger partial charge in [-0.3, -0.25) is 0 Å². The van der Waals surface area contributed by atoms with Crippen LogP contribution in [0.25, 0.3) is 22.3 Å². The number of hydrogen-bond donors (Lipinski definition) is 2. The van der Waals surface area contributed by atoms with Crippen molar-refractivity contribution < 1.29 is 42.4 Å². The van der Waals surface area contributed by atoms with Crippen LogP contribution in [0.15, 0.2) is 155 Å². The van der Waals surface area contributed by atoms with Gasteiger partial charge in [-0.05, 0) is 119 Å². The molecule has 0 atom stereocenters. The maximum Gasteiger partial charge on any atom is 0.511 e. The van der Waals surface area contributed by atoms with E-state index >= 15 is 0 Å². The van der Waals surface area contributed by atoms with Gasteiger partial charge >= 0.3 is 12.1 Å². The molecule has 0 amide bonds. The summed E-state index contributed by atoms with van der Waals surface area (Å²) < 4.78 is 43.0. The second-order valence-corrected chi connectivity index (χ2v) is 12.4. The standard InChI is InChI=1S/C38H26O9S/c39-37(40)29-3-1-25(2-4-29)26-5-11-30(12-6-26)45-32-17-21-35(22-18-32)48(43,44)36-23-19-33(20-24-36)46-31-13-7-27(8-14-31)28-9-15-34(16-10-28)47-38(41)42/h1-24H,(H,39,40)(H,41,42). The first-order chi connectivity index (χ1) is 23.1. The van der Waals surface area contributed by atoms with Gasteiger partial charge in [-0.15, -0.1) is 0 Å². The summed E-state index contributed by atoms with van der Waals surface area (Å²) in [4.78, 5) is 22.0. The quantitative estimate of drug-likeness (QED) is 0.109. The first-order valence-electron chi connectivity index (χ1n) is 14.5. The Balaban J connectivity index is 1.06. The molecule has 0 heterocycles. The van der Waals surface area contributed by atoms with Crippen molar-refractivity contribution in [2.24, 2.45) is 0 Å². The summed E-state index contributed by atoms with van der Waals surface area (Å²) in [6.07, 6.45) is -1.37. The van der Waals surface area contributed by atoms with Gasteiger partial charge in [-0.1, -0.05) is 48.5 Å². The third kappa shape index (κ3) is 7.35. The minimum Gasteiger partial charge on any atom is -0.478 e. The lowest BCUT2D eigenvalue weighted by atomic mass is 10.0. The maximum atomic E-state index is 13.3. The highest BCUT2D eigenvalue weighted by atomic mass is 32.2. The third-order valence-corrected chi connectivity index (χ3v) is 9.09. The van der Waals surface area contributed by atoms with Crippen molar-refractivity contribution in [3.63, 3.8) is 0 Å². The maximum absolute atomic E-state index is 13.3. The highest BCUT2D eigenvalue weighted by molar-refractivity contribution is 7.91. The summed E-state index contributed by atoms with van der Waals surface area (Å²) in [6.45, 7) is 0. The normalized spacial score (nSPS) is 11.0. The topological polar surface area (TPSA) is 136 Å². The minimum atomic E-state index is -3.80. The Bertz CT molecular complexity index is 2160. The number of hydrogen-bond acceptors (Lipinski definition) is 7. The van der Waals surface area contributed by atoms with E-state index in [4.69, 9.17) is 19.7 Å². The van der Waals surface area contributed by atoms with Gasteiger partial charge in [0.2, 0.25) is 9.84 Å². The summed E-state index contributed by atoms with van der Waals surface area (Å²) in [5, 5.41) is 17.8. The molecule has 0 saturated carbocycles. The molecular weight excluding hydrogens is 632 g/mol. The van der Waals surface area contributed by atoms with Crippen LogP contribution in [0.4, 0.5) is 4.79 Å². The summed E-state index contributed by atoms with van der Waals surface area (Å²) >= 11 is 0. The molecule has 2 N–H and O–H groups in total. The van der Waals surface area contributed by atoms with E-state index in [-0.39, 0.29) is 21.1 Å². The average Bonchev–Trinajstić information content (AvgIpc) is 3.10. The van der Waals surface area contributed by atoms with Crippen molar-refractivity contribution in [1.29, 1.82) is 0 Å². The van der Waals surface area contributed by atoms with Gasteiger partial charge in [0.15, 0.2) is 0 Å². The molecule has 9 nitrogen and oxygen atoms in total. The van der Waals surface area contributed by atoms with Crippen LogP contribution in [0, 0.1) is 0 Å². The predicted molar refractivity (Wildman–Crippen MR) is 178 cm³/mol. The SMILES string of the molecule is O=C(O)Oc1ccc(-c2ccc(Oc3ccc(S(=O)(=O)c4ccc(Oc5ccc(-c6ccc(C(=O)O)cc6)cc5)cc4)cc3)cc2)cc1. The molecule has 0 aliphatic heterocycles. The number of rotatable bonds is 10. The Labute approximate surface area is 275 Å². The number of carbonyl (C=O) groups is 2. The molecule has 0 bridgehead atoms. The smallest absolute Gasteiger partial charge is 0.478 e. The fourth-order valence-corrected chi connectivity index (χ4v) is 6.10. The van der Waals surface area contributed by atoms with E-state index in [2.05, 4.69) is 4.74 Å². The van der Waals surface area contributed by atoms with Crippen LogP contribution in [-0.2, 0) is 9.84 Å². The van der Waals surface area contributed by atoms with Gasteiger partial charge in [0, 0.05) is 0 Å². The van der Waals surface area contributed by atoms with Crippen LogP contribution in [0.5, 0.6) is 28.7 Å². The van der Waals surface area contributed by atoms with Crippen molar-refractivity contribution in [2.75, 3.05) is 0 Å². The number of ether oxygens (including phenoxy) is 3. The monoisotopic (exact) mass is 658 g/mol. The van der Waals surface area contributed by atoms with E-state index in [1.54, 1.807) is 97.1 Å². The molecular formula is C38H26O9S. The van der Waals surface area contributed by atoms with Crippen molar-refractivity contribution in [2.45, 2.75) is 9.79 Å². The molecule has 0 spiro atoms. The average molecular weight is 659 g/mol. The number of aromatic carboxylic acids is 1. The fraction of sp³-hybridized carbons (Fsp3) is 0. The third-order valence-electron chi connectivity index (χ3n) is 7.31. The van der Waals surface area contributed by atoms with Crippen LogP contribution in [0.2, 0.25) is 0 Å². The Morgan fingerprint density at radius 2 is 0.708 bits per heavy atom. The highest BCUT2D eigenvalue weighted by Gasteiger charge is 2.18. The molecule has 10 heteroatoms. The van der Waals surface area contributed by atoms with E-state index in [1.165, 1.54) is 24.3 Å². The second-order valence-electron chi connectivity index (χ2n) is 10.5. The molecule has 238 valence electrons. The van der Waals surface area contributed by atoms with Gasteiger partial charge in [-0.2, -0.15) is 0 Å².